The van der Waals surface area contributed by atoms with Crippen LogP contribution in [0.25, 0.3) is 0 Å². The highest BCUT2D eigenvalue weighted by Gasteiger charge is 2.29. The molecule has 0 saturated heterocycles. The van der Waals surface area contributed by atoms with Gasteiger partial charge in [0.2, 0.25) is 0 Å². The van der Waals surface area contributed by atoms with Gasteiger partial charge in [-0.05, 0) is 31.0 Å². The average molecular weight is 283 g/mol. The van der Waals surface area contributed by atoms with Crippen molar-refractivity contribution in [1.82, 2.24) is 0 Å². The first-order valence-corrected chi connectivity index (χ1v) is 7.32. The van der Waals surface area contributed by atoms with Crippen molar-refractivity contribution in [3.05, 3.63) is 59.2 Å². The molecule has 0 radical (unpaired) electrons. The lowest BCUT2D eigenvalue weighted by atomic mass is 9.83. The zero-order valence-corrected chi connectivity index (χ0v) is 12.5. The number of hydrogen-bond acceptors (Lipinski definition) is 3. The molecule has 1 aliphatic heterocycles. The maximum Gasteiger partial charge on any atom is 0.123 e. The van der Waals surface area contributed by atoms with Crippen LogP contribution < -0.4 is 15.2 Å². The van der Waals surface area contributed by atoms with E-state index in [1.54, 1.807) is 7.11 Å². The number of rotatable bonds is 3. The van der Waals surface area contributed by atoms with Gasteiger partial charge in [-0.1, -0.05) is 35.9 Å². The van der Waals surface area contributed by atoms with E-state index in [-0.39, 0.29) is 12.0 Å². The molecule has 2 aromatic rings. The summed E-state index contributed by atoms with van der Waals surface area (Å²) in [5.74, 6) is 2.07. The van der Waals surface area contributed by atoms with Crippen LogP contribution in [0.5, 0.6) is 11.5 Å². The monoisotopic (exact) mass is 283 g/mol. The summed E-state index contributed by atoms with van der Waals surface area (Å²) >= 11 is 0. The molecule has 3 rings (SSSR count). The molecule has 1 aliphatic rings. The Morgan fingerprint density at radius 2 is 2.05 bits per heavy atom. The normalized spacial score (nSPS) is 18.5. The van der Waals surface area contributed by atoms with Crippen molar-refractivity contribution < 1.29 is 9.47 Å². The quantitative estimate of drug-likeness (QED) is 0.936. The maximum absolute atomic E-state index is 6.59. The van der Waals surface area contributed by atoms with Crippen LogP contribution in [0.3, 0.4) is 0 Å². The first-order valence-electron chi connectivity index (χ1n) is 7.32. The number of fused-ring (bicyclic) bond motifs is 1. The second kappa shape index (κ2) is 5.78. The molecule has 0 aliphatic carbocycles. The van der Waals surface area contributed by atoms with E-state index < -0.39 is 0 Å². The Balaban J connectivity index is 2.00. The minimum Gasteiger partial charge on any atom is -0.496 e. The minimum atomic E-state index is -0.0927. The first-order chi connectivity index (χ1) is 10.2. The van der Waals surface area contributed by atoms with Crippen LogP contribution in [0.2, 0.25) is 0 Å². The second-order valence-corrected chi connectivity index (χ2v) is 5.55. The molecule has 110 valence electrons. The van der Waals surface area contributed by atoms with Crippen molar-refractivity contribution in [2.75, 3.05) is 13.7 Å². The summed E-state index contributed by atoms with van der Waals surface area (Å²) in [6, 6.07) is 14.2. The molecule has 2 N–H and O–H groups in total. The van der Waals surface area contributed by atoms with Crippen LogP contribution in [-0.2, 0) is 0 Å². The highest BCUT2D eigenvalue weighted by Crippen LogP contribution is 2.42. The predicted molar refractivity (Wildman–Crippen MR) is 84.0 cm³/mol. The Hall–Kier alpha value is -2.00. The third kappa shape index (κ3) is 2.61. The number of hydrogen-bond donors (Lipinski definition) is 1. The summed E-state index contributed by atoms with van der Waals surface area (Å²) in [5.41, 5.74) is 10.1. The van der Waals surface area contributed by atoms with E-state index in [0.29, 0.717) is 6.61 Å². The number of nitrogens with two attached hydrogens (primary N) is 1. The molecule has 21 heavy (non-hydrogen) atoms. The SMILES string of the molecule is COc1ccc(C)cc1C(N)C1CCOc2ccccc21. The fraction of sp³-hybridized carbons (Fsp3) is 0.333. The molecule has 0 bridgehead atoms. The van der Waals surface area contributed by atoms with Crippen LogP contribution in [-0.4, -0.2) is 13.7 Å². The number of methoxy groups -OCH3 is 1. The highest BCUT2D eigenvalue weighted by atomic mass is 16.5. The maximum atomic E-state index is 6.59. The van der Waals surface area contributed by atoms with Crippen LogP contribution in [0.4, 0.5) is 0 Å². The Morgan fingerprint density at radius 1 is 1.24 bits per heavy atom. The molecule has 0 fully saturated rings. The molecule has 0 aromatic heterocycles. The first kappa shape index (κ1) is 14.0. The molecule has 2 atom stereocenters. The van der Waals surface area contributed by atoms with Crippen LogP contribution >= 0.6 is 0 Å². The average Bonchev–Trinajstić information content (AvgIpc) is 2.53. The van der Waals surface area contributed by atoms with Gasteiger partial charge in [-0.15, -0.1) is 0 Å². The van der Waals surface area contributed by atoms with Gasteiger partial charge < -0.3 is 15.2 Å². The highest BCUT2D eigenvalue weighted by molar-refractivity contribution is 5.44. The Labute approximate surface area is 125 Å². The van der Waals surface area contributed by atoms with Crippen molar-refractivity contribution >= 4 is 0 Å². The summed E-state index contributed by atoms with van der Waals surface area (Å²) in [4.78, 5) is 0. The van der Waals surface area contributed by atoms with Gasteiger partial charge in [-0.25, -0.2) is 0 Å². The van der Waals surface area contributed by atoms with Crippen molar-refractivity contribution in [3.8, 4) is 11.5 Å². The van der Waals surface area contributed by atoms with E-state index in [4.69, 9.17) is 15.2 Å². The van der Waals surface area contributed by atoms with Crippen molar-refractivity contribution in [2.24, 2.45) is 5.73 Å². The van der Waals surface area contributed by atoms with Crippen molar-refractivity contribution in [3.63, 3.8) is 0 Å². The summed E-state index contributed by atoms with van der Waals surface area (Å²) in [5, 5.41) is 0. The van der Waals surface area contributed by atoms with E-state index in [1.807, 2.05) is 30.3 Å². The molecule has 2 unspecified atom stereocenters. The fourth-order valence-corrected chi connectivity index (χ4v) is 3.07. The van der Waals surface area contributed by atoms with Gasteiger partial charge in [0, 0.05) is 17.5 Å². The Morgan fingerprint density at radius 3 is 2.86 bits per heavy atom. The lowest BCUT2D eigenvalue weighted by Crippen LogP contribution is -2.25. The number of ether oxygens (including phenoxy) is 2. The molecule has 2 aromatic carbocycles. The fourth-order valence-electron chi connectivity index (χ4n) is 3.07. The summed E-state index contributed by atoms with van der Waals surface area (Å²) in [6.45, 7) is 2.79. The largest absolute Gasteiger partial charge is 0.496 e. The number of aryl methyl sites for hydroxylation is 1. The van der Waals surface area contributed by atoms with Gasteiger partial charge in [0.05, 0.1) is 13.7 Å². The molecular weight excluding hydrogens is 262 g/mol. The van der Waals surface area contributed by atoms with E-state index >= 15 is 0 Å². The Bertz CT molecular complexity index is 639. The lowest BCUT2D eigenvalue weighted by molar-refractivity contribution is 0.254. The summed E-state index contributed by atoms with van der Waals surface area (Å²) in [7, 11) is 1.69. The number of para-hydroxylation sites is 1. The van der Waals surface area contributed by atoms with Gasteiger partial charge in [0.15, 0.2) is 0 Å². The van der Waals surface area contributed by atoms with Crippen LogP contribution in [0.1, 0.15) is 35.1 Å². The smallest absolute Gasteiger partial charge is 0.123 e. The van der Waals surface area contributed by atoms with Gasteiger partial charge in [-0.2, -0.15) is 0 Å². The van der Waals surface area contributed by atoms with E-state index in [1.165, 1.54) is 11.1 Å². The molecule has 0 spiro atoms. The predicted octanol–water partition coefficient (Wildman–Crippen LogP) is 3.57. The zero-order valence-electron chi connectivity index (χ0n) is 12.5. The van der Waals surface area contributed by atoms with Crippen molar-refractivity contribution in [1.29, 1.82) is 0 Å². The lowest BCUT2D eigenvalue weighted by Gasteiger charge is -2.31. The number of benzene rings is 2. The van der Waals surface area contributed by atoms with E-state index in [2.05, 4.69) is 19.1 Å². The van der Waals surface area contributed by atoms with Gasteiger partial charge >= 0.3 is 0 Å². The van der Waals surface area contributed by atoms with E-state index in [0.717, 1.165) is 23.5 Å². The molecule has 0 amide bonds. The van der Waals surface area contributed by atoms with Crippen LogP contribution in [0, 0.1) is 6.92 Å². The summed E-state index contributed by atoms with van der Waals surface area (Å²) < 4.78 is 11.2. The molecule has 1 heterocycles. The standard InChI is InChI=1S/C18H21NO2/c1-12-7-8-16(20-2)15(11-12)18(19)14-9-10-21-17-6-4-3-5-13(14)17/h3-8,11,14,18H,9-10,19H2,1-2H3. The van der Waals surface area contributed by atoms with Gasteiger partial charge in [0.25, 0.3) is 0 Å². The molecular formula is C18H21NO2. The minimum absolute atomic E-state index is 0.0927. The van der Waals surface area contributed by atoms with E-state index in [9.17, 15) is 0 Å². The molecule has 0 saturated carbocycles. The third-order valence-electron chi connectivity index (χ3n) is 4.18. The van der Waals surface area contributed by atoms with Crippen LogP contribution in [0.15, 0.2) is 42.5 Å². The third-order valence-corrected chi connectivity index (χ3v) is 4.18. The van der Waals surface area contributed by atoms with Gasteiger partial charge in [0.1, 0.15) is 11.5 Å². The summed E-state index contributed by atoms with van der Waals surface area (Å²) in [6.07, 6.45) is 0.926. The van der Waals surface area contributed by atoms with Crippen molar-refractivity contribution in [2.45, 2.75) is 25.3 Å². The molecule has 3 heteroatoms. The zero-order chi connectivity index (χ0) is 14.8. The second-order valence-electron chi connectivity index (χ2n) is 5.55. The topological polar surface area (TPSA) is 44.5 Å². The molecule has 3 nitrogen and oxygen atoms in total. The Kier molecular flexibility index (Phi) is 3.84. The van der Waals surface area contributed by atoms with Gasteiger partial charge in [-0.3, -0.25) is 0 Å².